The summed E-state index contributed by atoms with van der Waals surface area (Å²) < 4.78 is 0. The molecule has 3 nitrogen and oxygen atoms in total. The van der Waals surface area contributed by atoms with Crippen LogP contribution < -0.4 is 5.73 Å². The lowest BCUT2D eigenvalue weighted by Crippen LogP contribution is -2.36. The fraction of sp³-hybridized carbons (Fsp3) is 0.400. The van der Waals surface area contributed by atoms with Crippen LogP contribution >= 0.6 is 0 Å². The predicted octanol–water partition coefficient (Wildman–Crippen LogP) is 0.867. The van der Waals surface area contributed by atoms with Gasteiger partial charge in [-0.1, -0.05) is 12.1 Å². The summed E-state index contributed by atoms with van der Waals surface area (Å²) >= 11 is 0. The first-order valence-electron chi connectivity index (χ1n) is 4.17. The molecule has 0 aliphatic rings. The van der Waals surface area contributed by atoms with E-state index in [2.05, 4.69) is 0 Å². The molecule has 0 saturated carbocycles. The number of aliphatic hydroxyl groups is 1. The van der Waals surface area contributed by atoms with Crippen LogP contribution in [0.3, 0.4) is 0 Å². The molecule has 1 aromatic rings. The zero-order chi connectivity index (χ0) is 10.1. The molecule has 1 atom stereocenters. The van der Waals surface area contributed by atoms with E-state index >= 15 is 0 Å². The maximum absolute atomic E-state index is 9.28. The highest BCUT2D eigenvalue weighted by Crippen LogP contribution is 2.23. The van der Waals surface area contributed by atoms with E-state index in [4.69, 9.17) is 10.8 Å². The lowest BCUT2D eigenvalue weighted by molar-refractivity contribution is 0.210. The maximum atomic E-state index is 9.28. The van der Waals surface area contributed by atoms with Gasteiger partial charge in [0.25, 0.3) is 0 Å². The summed E-state index contributed by atoms with van der Waals surface area (Å²) in [5.41, 5.74) is 6.68. The van der Waals surface area contributed by atoms with Crippen molar-refractivity contribution in [2.45, 2.75) is 19.4 Å². The first-order chi connectivity index (χ1) is 5.97. The Balaban J connectivity index is 3.10. The van der Waals surface area contributed by atoms with Crippen LogP contribution in [0.15, 0.2) is 18.2 Å². The molecule has 0 bridgehead atoms. The summed E-state index contributed by atoms with van der Waals surface area (Å²) in [7, 11) is 0. The fourth-order valence-corrected chi connectivity index (χ4v) is 1.10. The van der Waals surface area contributed by atoms with Gasteiger partial charge in [-0.3, -0.25) is 0 Å². The van der Waals surface area contributed by atoms with Crippen molar-refractivity contribution in [1.82, 2.24) is 0 Å². The molecule has 0 spiro atoms. The number of rotatable bonds is 2. The van der Waals surface area contributed by atoms with Crippen LogP contribution in [0.25, 0.3) is 0 Å². The Hall–Kier alpha value is -1.06. The summed E-state index contributed by atoms with van der Waals surface area (Å²) in [5, 5.41) is 18.3. The van der Waals surface area contributed by atoms with Crippen molar-refractivity contribution >= 4 is 0 Å². The van der Waals surface area contributed by atoms with Gasteiger partial charge in [0.2, 0.25) is 0 Å². The van der Waals surface area contributed by atoms with Crippen LogP contribution in [0.5, 0.6) is 5.75 Å². The third-order valence-electron chi connectivity index (χ3n) is 2.18. The van der Waals surface area contributed by atoms with E-state index in [1.54, 1.807) is 32.0 Å². The van der Waals surface area contributed by atoms with Crippen LogP contribution in [-0.4, -0.2) is 16.8 Å². The second kappa shape index (κ2) is 3.36. The molecule has 4 N–H and O–H groups in total. The van der Waals surface area contributed by atoms with Crippen LogP contribution in [0.4, 0.5) is 0 Å². The summed E-state index contributed by atoms with van der Waals surface area (Å²) in [5.74, 6) is 0.248. The molecule has 72 valence electrons. The van der Waals surface area contributed by atoms with E-state index in [0.29, 0.717) is 0 Å². The number of phenols is 1. The second-order valence-corrected chi connectivity index (χ2v) is 3.58. The van der Waals surface area contributed by atoms with Gasteiger partial charge >= 0.3 is 0 Å². The van der Waals surface area contributed by atoms with Crippen molar-refractivity contribution in [3.8, 4) is 5.75 Å². The molecule has 3 heteroatoms. The Morgan fingerprint density at radius 1 is 1.46 bits per heavy atom. The average Bonchev–Trinajstić information content (AvgIpc) is 2.09. The van der Waals surface area contributed by atoms with Crippen molar-refractivity contribution < 1.29 is 10.2 Å². The first kappa shape index (κ1) is 10.0. The average molecular weight is 181 g/mol. The van der Waals surface area contributed by atoms with E-state index in [9.17, 15) is 5.11 Å². The van der Waals surface area contributed by atoms with Gasteiger partial charge < -0.3 is 15.9 Å². The molecular weight excluding hydrogens is 166 g/mol. The zero-order valence-electron chi connectivity index (χ0n) is 7.91. The predicted molar refractivity (Wildman–Crippen MR) is 51.5 cm³/mol. The molecule has 13 heavy (non-hydrogen) atoms. The topological polar surface area (TPSA) is 66.5 Å². The molecule has 0 fully saturated rings. The summed E-state index contributed by atoms with van der Waals surface area (Å²) in [6.07, 6.45) is 0. The smallest absolute Gasteiger partial charge is 0.118 e. The third kappa shape index (κ3) is 1.99. The van der Waals surface area contributed by atoms with E-state index in [0.717, 1.165) is 11.1 Å². The van der Waals surface area contributed by atoms with Gasteiger partial charge in [0, 0.05) is 0 Å². The normalized spacial score (nSPS) is 15.4. The van der Waals surface area contributed by atoms with Crippen molar-refractivity contribution in [1.29, 1.82) is 0 Å². The summed E-state index contributed by atoms with van der Waals surface area (Å²) in [6.45, 7) is 3.43. The minimum atomic E-state index is -0.738. The Morgan fingerprint density at radius 2 is 2.08 bits per heavy atom. The second-order valence-electron chi connectivity index (χ2n) is 3.58. The number of benzene rings is 1. The highest BCUT2D eigenvalue weighted by molar-refractivity contribution is 5.37. The Kier molecular flexibility index (Phi) is 2.59. The first-order valence-corrected chi connectivity index (χ1v) is 4.17. The highest BCUT2D eigenvalue weighted by Gasteiger charge is 2.20. The number of aryl methyl sites for hydroxylation is 1. The van der Waals surface area contributed by atoms with Gasteiger partial charge in [0.15, 0.2) is 0 Å². The van der Waals surface area contributed by atoms with Crippen LogP contribution in [0.2, 0.25) is 0 Å². The number of nitrogens with two attached hydrogens (primary N) is 1. The standard InChI is InChI=1S/C10H15NO2/c1-7-5-8(3-4-9(7)13)10(2,11)6-12/h3-5,12-13H,6,11H2,1-2H3/t10-/m0/s1. The van der Waals surface area contributed by atoms with Gasteiger partial charge in [0.05, 0.1) is 12.1 Å². The van der Waals surface area contributed by atoms with Crippen molar-refractivity contribution in [3.05, 3.63) is 29.3 Å². The van der Waals surface area contributed by atoms with Crippen molar-refractivity contribution in [3.63, 3.8) is 0 Å². The zero-order valence-corrected chi connectivity index (χ0v) is 7.91. The fourth-order valence-electron chi connectivity index (χ4n) is 1.10. The molecule has 1 rings (SSSR count). The van der Waals surface area contributed by atoms with Gasteiger partial charge in [0.1, 0.15) is 5.75 Å². The molecule has 0 aromatic heterocycles. The Labute approximate surface area is 77.8 Å². The third-order valence-corrected chi connectivity index (χ3v) is 2.18. The summed E-state index contributed by atoms with van der Waals surface area (Å²) in [4.78, 5) is 0. The lowest BCUT2D eigenvalue weighted by Gasteiger charge is -2.22. The van der Waals surface area contributed by atoms with Crippen molar-refractivity contribution in [2.24, 2.45) is 5.73 Å². The van der Waals surface area contributed by atoms with E-state index in [-0.39, 0.29) is 12.4 Å². The number of hydrogen-bond acceptors (Lipinski definition) is 3. The molecule has 1 aromatic carbocycles. The largest absolute Gasteiger partial charge is 0.508 e. The number of aromatic hydroxyl groups is 1. The molecule has 0 amide bonds. The van der Waals surface area contributed by atoms with E-state index < -0.39 is 5.54 Å². The minimum Gasteiger partial charge on any atom is -0.508 e. The highest BCUT2D eigenvalue weighted by atomic mass is 16.3. The molecule has 0 unspecified atom stereocenters. The number of hydrogen-bond donors (Lipinski definition) is 3. The van der Waals surface area contributed by atoms with Crippen molar-refractivity contribution in [2.75, 3.05) is 6.61 Å². The Morgan fingerprint density at radius 3 is 2.54 bits per heavy atom. The van der Waals surface area contributed by atoms with Gasteiger partial charge in [-0.25, -0.2) is 0 Å². The molecule has 0 heterocycles. The SMILES string of the molecule is Cc1cc([C@@](C)(N)CO)ccc1O. The van der Waals surface area contributed by atoms with Crippen LogP contribution in [-0.2, 0) is 5.54 Å². The summed E-state index contributed by atoms with van der Waals surface area (Å²) in [6, 6.07) is 5.09. The number of phenolic OH excluding ortho intramolecular Hbond substituents is 1. The molecule has 0 aliphatic heterocycles. The van der Waals surface area contributed by atoms with E-state index in [1.165, 1.54) is 0 Å². The monoisotopic (exact) mass is 181 g/mol. The van der Waals surface area contributed by atoms with Gasteiger partial charge in [-0.15, -0.1) is 0 Å². The quantitative estimate of drug-likeness (QED) is 0.634. The number of aliphatic hydroxyl groups excluding tert-OH is 1. The maximum Gasteiger partial charge on any atom is 0.118 e. The molecule has 0 radical (unpaired) electrons. The molecular formula is C10H15NO2. The minimum absolute atomic E-state index is 0.114. The van der Waals surface area contributed by atoms with Gasteiger partial charge in [-0.2, -0.15) is 0 Å². The molecule has 0 saturated heterocycles. The Bertz CT molecular complexity index is 308. The van der Waals surface area contributed by atoms with Crippen LogP contribution in [0, 0.1) is 6.92 Å². The molecule has 0 aliphatic carbocycles. The lowest BCUT2D eigenvalue weighted by atomic mass is 9.93. The van der Waals surface area contributed by atoms with E-state index in [1.807, 2.05) is 0 Å². The van der Waals surface area contributed by atoms with Gasteiger partial charge in [-0.05, 0) is 31.0 Å². The van der Waals surface area contributed by atoms with Crippen LogP contribution in [0.1, 0.15) is 18.1 Å².